The van der Waals surface area contributed by atoms with Crippen LogP contribution in [0.2, 0.25) is 0 Å². The van der Waals surface area contributed by atoms with E-state index in [4.69, 9.17) is 0 Å². The van der Waals surface area contributed by atoms with Crippen LogP contribution in [0.15, 0.2) is 30.3 Å². The standard InChI is InChI=1S/C14H16N2O2S/c17-13-8-15(7-6-11-4-2-1-3-5-11)14(18)12-9-19-10-16(12)13/h1-5,12H,6-10H2/t12-/m0/s1. The van der Waals surface area contributed by atoms with Gasteiger partial charge >= 0.3 is 0 Å². The van der Waals surface area contributed by atoms with Crippen molar-refractivity contribution in [3.63, 3.8) is 0 Å². The molecule has 4 nitrogen and oxygen atoms in total. The zero-order valence-corrected chi connectivity index (χ0v) is 11.4. The minimum atomic E-state index is -0.220. The van der Waals surface area contributed by atoms with Crippen LogP contribution in [0.4, 0.5) is 0 Å². The molecule has 2 amide bonds. The smallest absolute Gasteiger partial charge is 0.246 e. The summed E-state index contributed by atoms with van der Waals surface area (Å²) in [6.07, 6.45) is 0.805. The summed E-state index contributed by atoms with van der Waals surface area (Å²) in [6.45, 7) is 0.867. The first-order chi connectivity index (χ1) is 9.25. The molecule has 2 aliphatic rings. The maximum Gasteiger partial charge on any atom is 0.246 e. The highest BCUT2D eigenvalue weighted by molar-refractivity contribution is 7.99. The summed E-state index contributed by atoms with van der Waals surface area (Å²) in [5.74, 6) is 1.61. The van der Waals surface area contributed by atoms with Crippen LogP contribution in [-0.2, 0) is 16.0 Å². The molecule has 19 heavy (non-hydrogen) atoms. The van der Waals surface area contributed by atoms with Gasteiger partial charge in [0.1, 0.15) is 6.04 Å². The molecule has 0 radical (unpaired) electrons. The Kier molecular flexibility index (Phi) is 3.46. The molecule has 2 saturated heterocycles. The van der Waals surface area contributed by atoms with Crippen LogP contribution in [0.5, 0.6) is 0 Å². The van der Waals surface area contributed by atoms with Crippen LogP contribution in [0.1, 0.15) is 5.56 Å². The highest BCUT2D eigenvalue weighted by Crippen LogP contribution is 2.25. The second kappa shape index (κ2) is 5.25. The number of thioether (sulfide) groups is 1. The number of rotatable bonds is 3. The zero-order chi connectivity index (χ0) is 13.2. The number of amides is 2. The molecule has 0 N–H and O–H groups in total. The van der Waals surface area contributed by atoms with Gasteiger partial charge in [0.2, 0.25) is 11.8 Å². The Bertz CT molecular complexity index is 491. The highest BCUT2D eigenvalue weighted by atomic mass is 32.2. The zero-order valence-electron chi connectivity index (χ0n) is 10.6. The molecule has 0 bridgehead atoms. The lowest BCUT2D eigenvalue weighted by Gasteiger charge is -2.35. The van der Waals surface area contributed by atoms with E-state index < -0.39 is 0 Å². The predicted molar refractivity (Wildman–Crippen MR) is 74.7 cm³/mol. The maximum atomic E-state index is 12.3. The molecule has 3 rings (SSSR count). The van der Waals surface area contributed by atoms with Crippen molar-refractivity contribution in [3.05, 3.63) is 35.9 Å². The molecular formula is C14H16N2O2S. The van der Waals surface area contributed by atoms with Crippen LogP contribution in [0, 0.1) is 0 Å². The fraction of sp³-hybridized carbons (Fsp3) is 0.429. The number of hydrogen-bond acceptors (Lipinski definition) is 3. The second-order valence-corrected chi connectivity index (χ2v) is 5.87. The molecule has 100 valence electrons. The molecule has 1 aromatic rings. The molecule has 0 aromatic heterocycles. The lowest BCUT2D eigenvalue weighted by molar-refractivity contribution is -0.153. The molecule has 2 aliphatic heterocycles. The fourth-order valence-corrected chi connectivity index (χ4v) is 3.71. The van der Waals surface area contributed by atoms with Crippen LogP contribution in [0.3, 0.4) is 0 Å². The molecule has 2 fully saturated rings. The first-order valence-electron chi connectivity index (χ1n) is 6.45. The Morgan fingerprint density at radius 1 is 1.21 bits per heavy atom. The minimum absolute atomic E-state index is 0.0858. The molecule has 0 aliphatic carbocycles. The first-order valence-corrected chi connectivity index (χ1v) is 7.61. The number of benzene rings is 1. The normalized spacial score (nSPS) is 22.8. The molecule has 0 saturated carbocycles. The van der Waals surface area contributed by atoms with E-state index in [0.717, 1.165) is 12.2 Å². The Morgan fingerprint density at radius 3 is 2.79 bits per heavy atom. The summed E-state index contributed by atoms with van der Waals surface area (Å²) in [7, 11) is 0. The second-order valence-electron chi connectivity index (χ2n) is 4.87. The van der Waals surface area contributed by atoms with Gasteiger partial charge in [0.25, 0.3) is 0 Å². The van der Waals surface area contributed by atoms with Crippen molar-refractivity contribution in [1.82, 2.24) is 9.80 Å². The molecule has 1 aromatic carbocycles. The van der Waals surface area contributed by atoms with Crippen molar-refractivity contribution < 1.29 is 9.59 Å². The highest BCUT2D eigenvalue weighted by Gasteiger charge is 2.41. The molecule has 1 atom stereocenters. The summed E-state index contributed by atoms with van der Waals surface area (Å²) < 4.78 is 0. The number of carbonyl (C=O) groups is 2. The number of nitrogens with zero attached hydrogens (tertiary/aromatic N) is 2. The average molecular weight is 276 g/mol. The summed E-state index contributed by atoms with van der Waals surface area (Å²) >= 11 is 1.66. The maximum absolute atomic E-state index is 12.3. The third-order valence-electron chi connectivity index (χ3n) is 3.64. The van der Waals surface area contributed by atoms with Gasteiger partial charge in [-0.2, -0.15) is 0 Å². The van der Waals surface area contributed by atoms with Gasteiger partial charge in [-0.3, -0.25) is 9.59 Å². The predicted octanol–water partition coefficient (Wildman–Crippen LogP) is 0.973. The van der Waals surface area contributed by atoms with Gasteiger partial charge in [-0.1, -0.05) is 30.3 Å². The largest absolute Gasteiger partial charge is 0.331 e. The van der Waals surface area contributed by atoms with Crippen LogP contribution in [0.25, 0.3) is 0 Å². The SMILES string of the molecule is O=C1[C@@H]2CSCN2C(=O)CN1CCc1ccccc1. The topological polar surface area (TPSA) is 40.6 Å². The Balaban J connectivity index is 1.65. The van der Waals surface area contributed by atoms with E-state index in [1.807, 2.05) is 30.3 Å². The van der Waals surface area contributed by atoms with Crippen molar-refractivity contribution in [2.45, 2.75) is 12.5 Å². The lowest BCUT2D eigenvalue weighted by atomic mass is 10.1. The number of fused-ring (bicyclic) bond motifs is 1. The summed E-state index contributed by atoms with van der Waals surface area (Å²) in [5, 5.41) is 0. The first kappa shape index (κ1) is 12.5. The minimum Gasteiger partial charge on any atom is -0.331 e. The van der Waals surface area contributed by atoms with Crippen molar-refractivity contribution in [1.29, 1.82) is 0 Å². The van der Waals surface area contributed by atoms with E-state index >= 15 is 0 Å². The number of piperazine rings is 1. The Morgan fingerprint density at radius 2 is 2.00 bits per heavy atom. The number of carbonyl (C=O) groups excluding carboxylic acids is 2. The molecular weight excluding hydrogens is 260 g/mol. The van der Waals surface area contributed by atoms with Crippen molar-refractivity contribution in [2.75, 3.05) is 24.7 Å². The van der Waals surface area contributed by atoms with Crippen LogP contribution < -0.4 is 0 Å². The van der Waals surface area contributed by atoms with E-state index in [9.17, 15) is 9.59 Å². The number of hydrogen-bond donors (Lipinski definition) is 0. The van der Waals surface area contributed by atoms with E-state index in [2.05, 4.69) is 0 Å². The van der Waals surface area contributed by atoms with Crippen molar-refractivity contribution >= 4 is 23.6 Å². The summed E-state index contributed by atoms with van der Waals surface area (Å²) in [5.41, 5.74) is 1.20. The van der Waals surface area contributed by atoms with E-state index in [1.54, 1.807) is 21.6 Å². The molecule has 2 heterocycles. The molecule has 0 spiro atoms. The summed E-state index contributed by atoms with van der Waals surface area (Å²) in [6, 6.07) is 9.85. The van der Waals surface area contributed by atoms with Gasteiger partial charge in [0.15, 0.2) is 0 Å². The summed E-state index contributed by atoms with van der Waals surface area (Å²) in [4.78, 5) is 27.7. The van der Waals surface area contributed by atoms with E-state index in [0.29, 0.717) is 12.4 Å². The van der Waals surface area contributed by atoms with E-state index in [-0.39, 0.29) is 24.4 Å². The molecule has 5 heteroatoms. The van der Waals surface area contributed by atoms with Gasteiger partial charge in [-0.15, -0.1) is 11.8 Å². The van der Waals surface area contributed by atoms with Gasteiger partial charge in [-0.05, 0) is 12.0 Å². The van der Waals surface area contributed by atoms with Gasteiger partial charge in [0.05, 0.1) is 12.4 Å². The van der Waals surface area contributed by atoms with Crippen LogP contribution >= 0.6 is 11.8 Å². The van der Waals surface area contributed by atoms with Crippen molar-refractivity contribution in [3.8, 4) is 0 Å². The average Bonchev–Trinajstić information content (AvgIpc) is 2.92. The van der Waals surface area contributed by atoms with Crippen LogP contribution in [-0.4, -0.2) is 52.4 Å². The fourth-order valence-electron chi connectivity index (χ4n) is 2.53. The van der Waals surface area contributed by atoms with Crippen molar-refractivity contribution in [2.24, 2.45) is 0 Å². The third kappa shape index (κ3) is 2.47. The monoisotopic (exact) mass is 276 g/mol. The third-order valence-corrected chi connectivity index (χ3v) is 4.65. The molecule has 0 unspecified atom stereocenters. The van der Waals surface area contributed by atoms with E-state index in [1.165, 1.54) is 5.56 Å². The quantitative estimate of drug-likeness (QED) is 0.826. The lowest BCUT2D eigenvalue weighted by Crippen LogP contribution is -2.58. The van der Waals surface area contributed by atoms with Gasteiger partial charge in [0, 0.05) is 12.3 Å². The van der Waals surface area contributed by atoms with Gasteiger partial charge < -0.3 is 9.80 Å². The Labute approximate surface area is 116 Å². The van der Waals surface area contributed by atoms with Gasteiger partial charge in [-0.25, -0.2) is 0 Å². The Hall–Kier alpha value is -1.49.